The van der Waals surface area contributed by atoms with E-state index in [1.54, 1.807) is 0 Å². The number of aryl methyl sites for hydroxylation is 1. The first-order valence-electron chi connectivity index (χ1n) is 7.31. The van der Waals surface area contributed by atoms with Gasteiger partial charge in [0.1, 0.15) is 22.7 Å². The molecule has 0 spiro atoms. The van der Waals surface area contributed by atoms with Crippen molar-refractivity contribution >= 4 is 16.7 Å². The zero-order chi connectivity index (χ0) is 19.6. The van der Waals surface area contributed by atoms with Gasteiger partial charge in [-0.2, -0.15) is 26.3 Å². The number of imidazole rings is 1. The van der Waals surface area contributed by atoms with E-state index in [0.717, 1.165) is 16.9 Å². The van der Waals surface area contributed by atoms with Crippen LogP contribution in [-0.4, -0.2) is 24.6 Å². The lowest BCUT2D eigenvalue weighted by Gasteiger charge is -2.15. The number of hydrogen-bond acceptors (Lipinski definition) is 5. The van der Waals surface area contributed by atoms with Gasteiger partial charge >= 0.3 is 12.4 Å². The van der Waals surface area contributed by atoms with Crippen LogP contribution in [0, 0.1) is 6.92 Å². The molecule has 4 aromatic heterocycles. The van der Waals surface area contributed by atoms with Crippen molar-refractivity contribution in [2.45, 2.75) is 19.3 Å². The Kier molecular flexibility index (Phi) is 3.45. The Hall–Kier alpha value is -3.18. The van der Waals surface area contributed by atoms with Crippen LogP contribution in [0.3, 0.4) is 0 Å². The number of aromatic nitrogens is 5. The smallest absolute Gasteiger partial charge is 0.422 e. The molecule has 0 unspecified atom stereocenters. The molecular formula is C15H7F6N5O. The highest BCUT2D eigenvalue weighted by molar-refractivity contribution is 5.84. The van der Waals surface area contributed by atoms with Crippen molar-refractivity contribution in [3.8, 4) is 11.6 Å². The molecule has 0 saturated carbocycles. The van der Waals surface area contributed by atoms with Gasteiger partial charge in [0.15, 0.2) is 0 Å². The number of rotatable bonds is 1. The predicted octanol–water partition coefficient (Wildman–Crippen LogP) is 4.28. The average Bonchev–Trinajstić information content (AvgIpc) is 3.19. The fourth-order valence-corrected chi connectivity index (χ4v) is 2.80. The third-order valence-corrected chi connectivity index (χ3v) is 3.94. The lowest BCUT2D eigenvalue weighted by atomic mass is 10.1. The van der Waals surface area contributed by atoms with Gasteiger partial charge in [0.05, 0.1) is 11.3 Å². The van der Waals surface area contributed by atoms with Gasteiger partial charge in [0, 0.05) is 5.39 Å². The van der Waals surface area contributed by atoms with E-state index in [0.29, 0.717) is 0 Å². The quantitative estimate of drug-likeness (QED) is 0.456. The van der Waals surface area contributed by atoms with Crippen LogP contribution in [-0.2, 0) is 12.4 Å². The van der Waals surface area contributed by atoms with Gasteiger partial charge in [-0.3, -0.25) is 4.40 Å². The third kappa shape index (κ3) is 2.67. The highest BCUT2D eigenvalue weighted by Gasteiger charge is 2.39. The van der Waals surface area contributed by atoms with E-state index in [1.165, 1.54) is 13.0 Å². The molecule has 0 aromatic carbocycles. The zero-order valence-electron chi connectivity index (χ0n) is 13.2. The summed E-state index contributed by atoms with van der Waals surface area (Å²) in [7, 11) is 0. The second-order valence-electron chi connectivity index (χ2n) is 5.60. The molecule has 4 rings (SSSR count). The molecule has 0 aliphatic heterocycles. The molecule has 27 heavy (non-hydrogen) atoms. The summed E-state index contributed by atoms with van der Waals surface area (Å²) in [5.74, 6) is -0.0210. The Bertz CT molecular complexity index is 1160. The van der Waals surface area contributed by atoms with Crippen molar-refractivity contribution in [2.75, 3.05) is 0 Å². The fraction of sp³-hybridized carbons (Fsp3) is 0.200. The molecule has 0 aliphatic carbocycles. The van der Waals surface area contributed by atoms with Gasteiger partial charge in [-0.25, -0.2) is 9.97 Å². The molecule has 6 nitrogen and oxygen atoms in total. The van der Waals surface area contributed by atoms with E-state index in [9.17, 15) is 26.3 Å². The van der Waals surface area contributed by atoms with Gasteiger partial charge in [0.2, 0.25) is 6.39 Å². The molecule has 4 heterocycles. The van der Waals surface area contributed by atoms with E-state index in [4.69, 9.17) is 4.42 Å². The van der Waals surface area contributed by atoms with Crippen LogP contribution in [0.5, 0.6) is 0 Å². The lowest BCUT2D eigenvalue weighted by molar-refractivity contribution is -0.144. The number of nitrogens with zero attached hydrogens (tertiary/aromatic N) is 5. The Morgan fingerprint density at radius 3 is 2.33 bits per heavy atom. The minimum Gasteiger partial charge on any atom is -0.422 e. The van der Waals surface area contributed by atoms with Crippen LogP contribution in [0.25, 0.3) is 28.3 Å². The van der Waals surface area contributed by atoms with E-state index >= 15 is 0 Å². The normalized spacial score (nSPS) is 13.0. The maximum absolute atomic E-state index is 13.4. The van der Waals surface area contributed by atoms with Crippen molar-refractivity contribution < 1.29 is 30.8 Å². The molecule has 0 aliphatic rings. The maximum atomic E-state index is 13.4. The van der Waals surface area contributed by atoms with Crippen LogP contribution in [0.4, 0.5) is 26.3 Å². The van der Waals surface area contributed by atoms with Crippen molar-refractivity contribution in [2.24, 2.45) is 0 Å². The molecule has 0 radical (unpaired) electrons. The highest BCUT2D eigenvalue weighted by atomic mass is 19.4. The van der Waals surface area contributed by atoms with Crippen LogP contribution in [0.2, 0.25) is 0 Å². The summed E-state index contributed by atoms with van der Waals surface area (Å²) in [5.41, 5.74) is -3.18. The van der Waals surface area contributed by atoms with Gasteiger partial charge < -0.3 is 4.42 Å². The summed E-state index contributed by atoms with van der Waals surface area (Å²) in [4.78, 5) is 7.59. The molecule has 0 amide bonds. The summed E-state index contributed by atoms with van der Waals surface area (Å²) in [6.07, 6.45) is -9.03. The SMILES string of the molecule is Cc1c(-c2nnco2)nc2ccc3c(C(F)(F)F)cc(C(F)(F)F)nc3n12. The minimum atomic E-state index is -5.06. The van der Waals surface area contributed by atoms with Gasteiger partial charge in [-0.1, -0.05) is 0 Å². The first kappa shape index (κ1) is 17.2. The number of alkyl halides is 6. The van der Waals surface area contributed by atoms with E-state index in [2.05, 4.69) is 20.2 Å². The summed E-state index contributed by atoms with van der Waals surface area (Å²) in [6, 6.07) is 2.28. The molecule has 0 N–H and O–H groups in total. The molecule has 140 valence electrons. The second-order valence-corrected chi connectivity index (χ2v) is 5.60. The molecule has 12 heteroatoms. The van der Waals surface area contributed by atoms with Gasteiger partial charge in [-0.15, -0.1) is 10.2 Å². The van der Waals surface area contributed by atoms with E-state index < -0.39 is 34.6 Å². The molecule has 0 saturated heterocycles. The van der Waals surface area contributed by atoms with Gasteiger partial charge in [0.25, 0.3) is 5.89 Å². The summed E-state index contributed by atoms with van der Waals surface area (Å²) >= 11 is 0. The van der Waals surface area contributed by atoms with Crippen LogP contribution >= 0.6 is 0 Å². The largest absolute Gasteiger partial charge is 0.433 e. The van der Waals surface area contributed by atoms with Gasteiger partial charge in [-0.05, 0) is 25.1 Å². The Labute approximate surface area is 145 Å². The van der Waals surface area contributed by atoms with E-state index in [1.807, 2.05) is 0 Å². The van der Waals surface area contributed by atoms with Crippen LogP contribution in [0.15, 0.2) is 29.0 Å². The molecule has 4 aromatic rings. The minimum absolute atomic E-state index is 0.000650. The molecule has 0 atom stereocenters. The summed E-state index contributed by atoms with van der Waals surface area (Å²) < 4.78 is 85.6. The Morgan fingerprint density at radius 2 is 1.74 bits per heavy atom. The zero-order valence-corrected chi connectivity index (χ0v) is 13.2. The monoisotopic (exact) mass is 387 g/mol. The first-order chi connectivity index (χ1) is 12.6. The number of hydrogen-bond donors (Lipinski definition) is 0. The highest BCUT2D eigenvalue weighted by Crippen LogP contribution is 2.39. The van der Waals surface area contributed by atoms with Crippen molar-refractivity contribution in [3.05, 3.63) is 41.5 Å². The van der Waals surface area contributed by atoms with Crippen LogP contribution in [0.1, 0.15) is 17.0 Å². The molecule has 0 fully saturated rings. The topological polar surface area (TPSA) is 69.1 Å². The standard InChI is InChI=1S/C15H7F6N5O/c1-6-11(13-25-22-5-27-13)24-10-3-2-7-8(14(16,17)18)4-9(15(19,20)21)23-12(7)26(6)10/h2-5H,1H3. The number of fused-ring (bicyclic) bond motifs is 3. The number of pyridine rings is 2. The number of halogens is 6. The van der Waals surface area contributed by atoms with Crippen LogP contribution < -0.4 is 0 Å². The maximum Gasteiger partial charge on any atom is 0.433 e. The van der Waals surface area contributed by atoms with Crippen molar-refractivity contribution in [3.63, 3.8) is 0 Å². The fourth-order valence-electron chi connectivity index (χ4n) is 2.80. The van der Waals surface area contributed by atoms with E-state index in [-0.39, 0.29) is 29.0 Å². The predicted molar refractivity (Wildman–Crippen MR) is 78.5 cm³/mol. The average molecular weight is 387 g/mol. The Morgan fingerprint density at radius 1 is 1.00 bits per heavy atom. The summed E-state index contributed by atoms with van der Waals surface area (Å²) in [6.45, 7) is 1.45. The second kappa shape index (κ2) is 5.41. The molecular weight excluding hydrogens is 380 g/mol. The first-order valence-corrected chi connectivity index (χ1v) is 7.31. The third-order valence-electron chi connectivity index (χ3n) is 3.94. The lowest BCUT2D eigenvalue weighted by Crippen LogP contribution is -2.14. The van der Waals surface area contributed by atoms with Crippen molar-refractivity contribution in [1.82, 2.24) is 24.6 Å². The Balaban J connectivity index is 2.15. The molecule has 0 bridgehead atoms. The van der Waals surface area contributed by atoms with Crippen molar-refractivity contribution in [1.29, 1.82) is 0 Å². The summed E-state index contributed by atoms with van der Waals surface area (Å²) in [5, 5.41) is 6.66.